The van der Waals surface area contributed by atoms with Crippen molar-refractivity contribution >= 4 is 17.8 Å². The van der Waals surface area contributed by atoms with Crippen LogP contribution in [0.5, 0.6) is 0 Å². The molecule has 3 aromatic rings. The first-order valence-electron chi connectivity index (χ1n) is 10.5. The summed E-state index contributed by atoms with van der Waals surface area (Å²) in [6.07, 6.45) is 8.18. The maximum atomic E-state index is 15.0. The maximum Gasteiger partial charge on any atom is 0.251 e. The van der Waals surface area contributed by atoms with Crippen LogP contribution in [0.25, 0.3) is 23.2 Å². The number of pyridine rings is 2. The lowest BCUT2D eigenvalue weighted by Gasteiger charge is -2.28. The number of nitrogens with one attached hydrogen (secondary N) is 1. The van der Waals surface area contributed by atoms with Crippen LogP contribution in [0.4, 0.5) is 8.78 Å². The minimum Gasteiger partial charge on any atom is -0.391 e. The van der Waals surface area contributed by atoms with E-state index in [9.17, 15) is 18.7 Å². The minimum atomic E-state index is -0.686. The second-order valence-corrected chi connectivity index (χ2v) is 7.84. The highest BCUT2D eigenvalue weighted by atomic mass is 19.1. The third-order valence-corrected chi connectivity index (χ3v) is 5.56. The molecule has 0 unspecified atom stereocenters. The summed E-state index contributed by atoms with van der Waals surface area (Å²) in [4.78, 5) is 20.9. The molecule has 1 aliphatic carbocycles. The van der Waals surface area contributed by atoms with Crippen LogP contribution in [0.1, 0.15) is 47.2 Å². The molecule has 32 heavy (non-hydrogen) atoms. The Morgan fingerprint density at radius 2 is 1.94 bits per heavy atom. The fourth-order valence-electron chi connectivity index (χ4n) is 3.79. The van der Waals surface area contributed by atoms with E-state index in [1.807, 2.05) is 6.07 Å². The van der Waals surface area contributed by atoms with E-state index in [2.05, 4.69) is 15.3 Å². The lowest BCUT2D eigenvalue weighted by Crippen LogP contribution is -2.45. The fraction of sp³-hybridized carbons (Fsp3) is 0.240. The molecule has 2 aromatic heterocycles. The van der Waals surface area contributed by atoms with Gasteiger partial charge in [-0.3, -0.25) is 14.8 Å². The standard InChI is InChI=1S/C25H23F2N3O2/c26-20-9-8-16(25(32)30-23-6-1-2-7-24(23)31)11-17(20)13-21(27)18-12-19(15-28-14-18)22-5-3-4-10-29-22/h3-5,8-15,23-24,31H,1-2,6-7H2,(H,30,32)/b21-13-/t23-,24-/m0/s1. The zero-order valence-electron chi connectivity index (χ0n) is 17.3. The van der Waals surface area contributed by atoms with Crippen molar-refractivity contribution in [3.8, 4) is 11.3 Å². The molecule has 0 bridgehead atoms. The molecule has 1 saturated carbocycles. The second-order valence-electron chi connectivity index (χ2n) is 7.84. The van der Waals surface area contributed by atoms with Gasteiger partial charge < -0.3 is 10.4 Å². The summed E-state index contributed by atoms with van der Waals surface area (Å²) >= 11 is 0. The highest BCUT2D eigenvalue weighted by Crippen LogP contribution is 2.25. The van der Waals surface area contributed by atoms with Gasteiger partial charge in [-0.05, 0) is 55.3 Å². The Hall–Kier alpha value is -3.45. The number of rotatable bonds is 5. The number of carbonyl (C=O) groups excluding carboxylic acids is 1. The number of aliphatic hydroxyl groups excluding tert-OH is 1. The van der Waals surface area contributed by atoms with Gasteiger partial charge in [0.25, 0.3) is 5.91 Å². The predicted octanol–water partition coefficient (Wildman–Crippen LogP) is 4.78. The molecule has 0 saturated heterocycles. The first kappa shape index (κ1) is 21.8. The van der Waals surface area contributed by atoms with E-state index in [0.29, 0.717) is 24.1 Å². The van der Waals surface area contributed by atoms with E-state index < -0.39 is 23.7 Å². The first-order valence-corrected chi connectivity index (χ1v) is 10.5. The molecule has 1 aromatic carbocycles. The number of halogens is 2. The normalized spacial score (nSPS) is 18.9. The SMILES string of the molecule is O=C(N[C@H]1CCCC[C@@H]1O)c1ccc(F)c(/C=C(\F)c2cncc(-c3ccccn3)c2)c1. The van der Waals surface area contributed by atoms with Crippen LogP contribution < -0.4 is 5.32 Å². The van der Waals surface area contributed by atoms with Crippen LogP contribution in [0.15, 0.2) is 61.1 Å². The maximum absolute atomic E-state index is 15.0. The molecule has 0 spiro atoms. The molecule has 1 aliphatic rings. The lowest BCUT2D eigenvalue weighted by molar-refractivity contribution is 0.0717. The largest absolute Gasteiger partial charge is 0.391 e. The number of nitrogens with zero attached hydrogens (tertiary/aromatic N) is 2. The molecular formula is C25H23F2N3O2. The third-order valence-electron chi connectivity index (χ3n) is 5.56. The number of aliphatic hydroxyl groups is 1. The van der Waals surface area contributed by atoms with E-state index in [1.165, 1.54) is 18.3 Å². The van der Waals surface area contributed by atoms with Crippen molar-refractivity contribution in [2.75, 3.05) is 0 Å². The summed E-state index contributed by atoms with van der Waals surface area (Å²) in [6.45, 7) is 0. The second kappa shape index (κ2) is 9.78. The van der Waals surface area contributed by atoms with Gasteiger partial charge in [-0.15, -0.1) is 0 Å². The summed E-state index contributed by atoms with van der Waals surface area (Å²) in [5.41, 5.74) is 1.59. The predicted molar refractivity (Wildman–Crippen MR) is 119 cm³/mol. The number of benzene rings is 1. The molecular weight excluding hydrogens is 412 g/mol. The highest BCUT2D eigenvalue weighted by Gasteiger charge is 2.25. The van der Waals surface area contributed by atoms with Crippen molar-refractivity contribution in [3.05, 3.63) is 83.6 Å². The topological polar surface area (TPSA) is 75.1 Å². The van der Waals surface area contributed by atoms with Crippen LogP contribution in [0.3, 0.4) is 0 Å². The highest BCUT2D eigenvalue weighted by molar-refractivity contribution is 5.95. The lowest BCUT2D eigenvalue weighted by atomic mass is 9.92. The van der Waals surface area contributed by atoms with Crippen molar-refractivity contribution in [1.82, 2.24) is 15.3 Å². The van der Waals surface area contributed by atoms with E-state index in [-0.39, 0.29) is 22.7 Å². The van der Waals surface area contributed by atoms with Gasteiger partial charge in [-0.2, -0.15) is 0 Å². The summed E-state index contributed by atoms with van der Waals surface area (Å²) < 4.78 is 29.3. The van der Waals surface area contributed by atoms with Crippen molar-refractivity contribution in [2.45, 2.75) is 37.8 Å². The number of carbonyl (C=O) groups is 1. The van der Waals surface area contributed by atoms with Gasteiger partial charge in [-0.25, -0.2) is 8.78 Å². The van der Waals surface area contributed by atoms with E-state index >= 15 is 0 Å². The Kier molecular flexibility index (Phi) is 6.66. The molecule has 5 nitrogen and oxygen atoms in total. The number of aromatic nitrogens is 2. The van der Waals surface area contributed by atoms with Gasteiger partial charge in [0, 0.05) is 40.8 Å². The van der Waals surface area contributed by atoms with Crippen LogP contribution in [-0.2, 0) is 0 Å². The molecule has 0 radical (unpaired) electrons. The van der Waals surface area contributed by atoms with Gasteiger partial charge in [0.05, 0.1) is 17.8 Å². The van der Waals surface area contributed by atoms with Gasteiger partial charge >= 0.3 is 0 Å². The number of hydrogen-bond donors (Lipinski definition) is 2. The van der Waals surface area contributed by atoms with Crippen molar-refractivity contribution in [3.63, 3.8) is 0 Å². The van der Waals surface area contributed by atoms with Gasteiger partial charge in [0.15, 0.2) is 0 Å². The molecule has 7 heteroatoms. The molecule has 4 rings (SSSR count). The summed E-state index contributed by atoms with van der Waals surface area (Å²) in [5.74, 6) is -1.76. The van der Waals surface area contributed by atoms with Gasteiger partial charge in [0.1, 0.15) is 11.6 Å². The minimum absolute atomic E-state index is 0.0532. The average Bonchev–Trinajstić information content (AvgIpc) is 2.82. The van der Waals surface area contributed by atoms with Gasteiger partial charge in [-0.1, -0.05) is 18.9 Å². The smallest absolute Gasteiger partial charge is 0.251 e. The van der Waals surface area contributed by atoms with Crippen LogP contribution in [0.2, 0.25) is 0 Å². The first-order chi connectivity index (χ1) is 15.5. The Balaban J connectivity index is 1.56. The molecule has 2 heterocycles. The van der Waals surface area contributed by atoms with Crippen LogP contribution in [0, 0.1) is 5.82 Å². The third kappa shape index (κ3) is 5.06. The molecule has 164 valence electrons. The summed E-state index contributed by atoms with van der Waals surface area (Å²) in [5, 5.41) is 12.9. The molecule has 2 N–H and O–H groups in total. The number of hydrogen-bond acceptors (Lipinski definition) is 4. The Morgan fingerprint density at radius 1 is 1.09 bits per heavy atom. The fourth-order valence-corrected chi connectivity index (χ4v) is 3.79. The van der Waals surface area contributed by atoms with Crippen LogP contribution in [-0.4, -0.2) is 33.1 Å². The van der Waals surface area contributed by atoms with Crippen molar-refractivity contribution < 1.29 is 18.7 Å². The van der Waals surface area contributed by atoms with E-state index in [0.717, 1.165) is 25.0 Å². The molecule has 1 amide bonds. The zero-order chi connectivity index (χ0) is 22.5. The Morgan fingerprint density at radius 3 is 2.72 bits per heavy atom. The van der Waals surface area contributed by atoms with Gasteiger partial charge in [0.2, 0.25) is 0 Å². The summed E-state index contributed by atoms with van der Waals surface area (Å²) in [6, 6.07) is 10.4. The Labute approximate surface area is 184 Å². The quantitative estimate of drug-likeness (QED) is 0.605. The average molecular weight is 435 g/mol. The molecule has 1 fully saturated rings. The van der Waals surface area contributed by atoms with E-state index in [1.54, 1.807) is 30.6 Å². The number of amides is 1. The van der Waals surface area contributed by atoms with E-state index in [4.69, 9.17) is 0 Å². The van der Waals surface area contributed by atoms with Crippen LogP contribution >= 0.6 is 0 Å². The monoisotopic (exact) mass is 435 g/mol. The molecule has 2 atom stereocenters. The van der Waals surface area contributed by atoms with Crippen molar-refractivity contribution in [2.24, 2.45) is 0 Å². The molecule has 0 aliphatic heterocycles. The zero-order valence-corrected chi connectivity index (χ0v) is 17.3. The summed E-state index contributed by atoms with van der Waals surface area (Å²) in [7, 11) is 0. The Bertz CT molecular complexity index is 1140. The van der Waals surface area contributed by atoms with Crippen molar-refractivity contribution in [1.29, 1.82) is 0 Å².